The van der Waals surface area contributed by atoms with Crippen molar-refractivity contribution in [1.82, 2.24) is 0 Å². The first-order valence-electron chi connectivity index (χ1n) is 3.40. The predicted octanol–water partition coefficient (Wildman–Crippen LogP) is 2.35. The van der Waals surface area contributed by atoms with Crippen molar-refractivity contribution >= 4 is 12.6 Å². The zero-order valence-corrected chi connectivity index (χ0v) is 7.23. The van der Waals surface area contributed by atoms with Gasteiger partial charge in [-0.3, -0.25) is 0 Å². The van der Waals surface area contributed by atoms with Gasteiger partial charge in [0.05, 0.1) is 12.5 Å². The Kier molecular flexibility index (Phi) is 2.56. The van der Waals surface area contributed by atoms with Gasteiger partial charge in [0.2, 0.25) is 0 Å². The first-order chi connectivity index (χ1) is 5.25. The Balaban J connectivity index is 3.08. The first kappa shape index (κ1) is 8.16. The Morgan fingerprint density at radius 3 is 2.91 bits per heavy atom. The molecule has 0 saturated carbocycles. The number of hydrogen-bond donors (Lipinski definition) is 1. The summed E-state index contributed by atoms with van der Waals surface area (Å²) in [6.45, 7) is 1.99. The van der Waals surface area contributed by atoms with Crippen LogP contribution in [0.15, 0.2) is 23.1 Å². The van der Waals surface area contributed by atoms with Gasteiger partial charge in [0.1, 0.15) is 0 Å². The molecule has 1 rings (SSSR count). The van der Waals surface area contributed by atoms with Gasteiger partial charge in [-0.25, -0.2) is 0 Å². The molecule has 0 aromatic heterocycles. The summed E-state index contributed by atoms with van der Waals surface area (Å²) in [5.74, 6) is 0. The molecule has 0 aliphatic heterocycles. The lowest BCUT2D eigenvalue weighted by atomic mass is 10.1. The SMILES string of the molecule is Cc1cccc(CC#N)c1S. The van der Waals surface area contributed by atoms with E-state index >= 15 is 0 Å². The van der Waals surface area contributed by atoms with Crippen LogP contribution in [0.5, 0.6) is 0 Å². The summed E-state index contributed by atoms with van der Waals surface area (Å²) in [7, 11) is 0. The number of aryl methyl sites for hydroxylation is 1. The van der Waals surface area contributed by atoms with Crippen molar-refractivity contribution in [3.05, 3.63) is 29.3 Å². The van der Waals surface area contributed by atoms with Crippen molar-refractivity contribution in [1.29, 1.82) is 5.26 Å². The second-order valence-electron chi connectivity index (χ2n) is 2.42. The van der Waals surface area contributed by atoms with Crippen LogP contribution in [0.25, 0.3) is 0 Å². The predicted molar refractivity (Wildman–Crippen MR) is 47.7 cm³/mol. The summed E-state index contributed by atoms with van der Waals surface area (Å²) in [4.78, 5) is 0.939. The molecule has 0 heterocycles. The Morgan fingerprint density at radius 1 is 1.55 bits per heavy atom. The standard InChI is InChI=1S/C9H9NS/c1-7-3-2-4-8(5-6-10)9(7)11/h2-4,11H,5H2,1H3. The van der Waals surface area contributed by atoms with Crippen molar-refractivity contribution in [2.75, 3.05) is 0 Å². The summed E-state index contributed by atoms with van der Waals surface area (Å²) in [5.41, 5.74) is 2.14. The second-order valence-corrected chi connectivity index (χ2v) is 2.86. The molecule has 0 unspecified atom stereocenters. The highest BCUT2D eigenvalue weighted by atomic mass is 32.1. The zero-order chi connectivity index (χ0) is 8.27. The minimum Gasteiger partial charge on any atom is -0.198 e. The lowest BCUT2D eigenvalue weighted by Gasteiger charge is -2.02. The van der Waals surface area contributed by atoms with Crippen molar-refractivity contribution < 1.29 is 0 Å². The molecular weight excluding hydrogens is 154 g/mol. The quantitative estimate of drug-likeness (QED) is 0.631. The summed E-state index contributed by atoms with van der Waals surface area (Å²) in [6.07, 6.45) is 0.445. The highest BCUT2D eigenvalue weighted by Gasteiger charge is 1.98. The maximum absolute atomic E-state index is 8.45. The van der Waals surface area contributed by atoms with Crippen molar-refractivity contribution in [2.45, 2.75) is 18.2 Å². The molecular formula is C9H9NS. The lowest BCUT2D eigenvalue weighted by molar-refractivity contribution is 1.15. The molecule has 0 fully saturated rings. The van der Waals surface area contributed by atoms with E-state index < -0.39 is 0 Å². The first-order valence-corrected chi connectivity index (χ1v) is 3.85. The number of thiol groups is 1. The fourth-order valence-corrected chi connectivity index (χ4v) is 1.18. The number of rotatable bonds is 1. The molecule has 56 valence electrons. The summed E-state index contributed by atoms with van der Waals surface area (Å²) >= 11 is 4.29. The highest BCUT2D eigenvalue weighted by molar-refractivity contribution is 7.80. The minimum atomic E-state index is 0.445. The number of nitrogens with zero attached hydrogens (tertiary/aromatic N) is 1. The summed E-state index contributed by atoms with van der Waals surface area (Å²) in [6, 6.07) is 7.97. The van der Waals surface area contributed by atoms with Gasteiger partial charge >= 0.3 is 0 Å². The Morgan fingerprint density at radius 2 is 2.27 bits per heavy atom. The molecule has 0 radical (unpaired) electrons. The monoisotopic (exact) mass is 163 g/mol. The molecule has 0 saturated heterocycles. The third kappa shape index (κ3) is 1.75. The van der Waals surface area contributed by atoms with Gasteiger partial charge in [0.15, 0.2) is 0 Å². The number of hydrogen-bond acceptors (Lipinski definition) is 2. The van der Waals surface area contributed by atoms with E-state index in [-0.39, 0.29) is 0 Å². The van der Waals surface area contributed by atoms with Crippen LogP contribution in [0, 0.1) is 18.3 Å². The minimum absolute atomic E-state index is 0.445. The third-order valence-electron chi connectivity index (χ3n) is 1.59. The fourth-order valence-electron chi connectivity index (χ4n) is 0.948. The van der Waals surface area contributed by atoms with Gasteiger partial charge in [0, 0.05) is 4.90 Å². The van der Waals surface area contributed by atoms with Gasteiger partial charge in [-0.1, -0.05) is 18.2 Å². The molecule has 0 spiro atoms. The van der Waals surface area contributed by atoms with E-state index in [0.717, 1.165) is 16.0 Å². The van der Waals surface area contributed by atoms with Crippen LogP contribution >= 0.6 is 12.6 Å². The van der Waals surface area contributed by atoms with Crippen LogP contribution in [0.4, 0.5) is 0 Å². The van der Waals surface area contributed by atoms with Crippen LogP contribution in [0.1, 0.15) is 11.1 Å². The van der Waals surface area contributed by atoms with E-state index in [1.165, 1.54) is 0 Å². The lowest BCUT2D eigenvalue weighted by Crippen LogP contribution is -1.86. The number of benzene rings is 1. The van der Waals surface area contributed by atoms with Crippen LogP contribution in [-0.4, -0.2) is 0 Å². The van der Waals surface area contributed by atoms with Crippen LogP contribution in [-0.2, 0) is 6.42 Å². The van der Waals surface area contributed by atoms with Crippen LogP contribution in [0.3, 0.4) is 0 Å². The highest BCUT2D eigenvalue weighted by Crippen LogP contribution is 2.18. The smallest absolute Gasteiger partial charge is 0.0670 e. The molecule has 0 aliphatic rings. The Bertz CT molecular complexity index is 299. The van der Waals surface area contributed by atoms with Crippen molar-refractivity contribution in [2.24, 2.45) is 0 Å². The normalized spacial score (nSPS) is 9.18. The van der Waals surface area contributed by atoms with E-state index in [4.69, 9.17) is 5.26 Å². The molecule has 0 bridgehead atoms. The molecule has 2 heteroatoms. The second kappa shape index (κ2) is 3.45. The molecule has 0 atom stereocenters. The van der Waals surface area contributed by atoms with Gasteiger partial charge in [-0.2, -0.15) is 5.26 Å². The van der Waals surface area contributed by atoms with Crippen LogP contribution in [0.2, 0.25) is 0 Å². The zero-order valence-electron chi connectivity index (χ0n) is 6.33. The van der Waals surface area contributed by atoms with E-state index in [1.54, 1.807) is 0 Å². The fraction of sp³-hybridized carbons (Fsp3) is 0.222. The molecule has 0 N–H and O–H groups in total. The van der Waals surface area contributed by atoms with Gasteiger partial charge in [-0.05, 0) is 18.1 Å². The Labute approximate surface area is 72.1 Å². The van der Waals surface area contributed by atoms with Gasteiger partial charge < -0.3 is 0 Å². The van der Waals surface area contributed by atoms with E-state index in [1.807, 2.05) is 25.1 Å². The van der Waals surface area contributed by atoms with Crippen LogP contribution < -0.4 is 0 Å². The summed E-state index contributed by atoms with van der Waals surface area (Å²) in [5, 5.41) is 8.45. The van der Waals surface area contributed by atoms with E-state index in [2.05, 4.69) is 18.7 Å². The molecule has 1 aromatic carbocycles. The Hall–Kier alpha value is -0.940. The average molecular weight is 163 g/mol. The van der Waals surface area contributed by atoms with Gasteiger partial charge in [0.25, 0.3) is 0 Å². The average Bonchev–Trinajstić information content (AvgIpc) is 1.99. The molecule has 11 heavy (non-hydrogen) atoms. The third-order valence-corrected chi connectivity index (χ3v) is 2.23. The van der Waals surface area contributed by atoms with Crippen molar-refractivity contribution in [3.8, 4) is 6.07 Å². The van der Waals surface area contributed by atoms with Crippen molar-refractivity contribution in [3.63, 3.8) is 0 Å². The number of nitriles is 1. The maximum atomic E-state index is 8.45. The molecule has 0 aliphatic carbocycles. The largest absolute Gasteiger partial charge is 0.198 e. The molecule has 0 amide bonds. The summed E-state index contributed by atoms with van der Waals surface area (Å²) < 4.78 is 0. The van der Waals surface area contributed by atoms with Gasteiger partial charge in [-0.15, -0.1) is 12.6 Å². The molecule has 1 nitrogen and oxygen atoms in total. The maximum Gasteiger partial charge on any atom is 0.0670 e. The topological polar surface area (TPSA) is 23.8 Å². The van der Waals surface area contributed by atoms with E-state index in [0.29, 0.717) is 6.42 Å². The van der Waals surface area contributed by atoms with E-state index in [9.17, 15) is 0 Å². The molecule has 1 aromatic rings.